The van der Waals surface area contributed by atoms with Gasteiger partial charge in [-0.25, -0.2) is 0 Å². The first kappa shape index (κ1) is 18.1. The number of rotatable bonds is 3. The summed E-state index contributed by atoms with van der Waals surface area (Å²) in [6.07, 6.45) is 1.77. The lowest BCUT2D eigenvalue weighted by molar-refractivity contribution is 0.0254. The van der Waals surface area contributed by atoms with Crippen LogP contribution < -0.4 is 4.74 Å². The number of hydrogen-bond acceptors (Lipinski definition) is 4. The third kappa shape index (κ3) is 3.73. The minimum absolute atomic E-state index is 0.0902. The number of benzene rings is 2. The van der Waals surface area contributed by atoms with E-state index in [1.54, 1.807) is 0 Å². The van der Waals surface area contributed by atoms with Gasteiger partial charge in [0.05, 0.1) is 24.5 Å². The number of aliphatic hydroxyl groups is 1. The van der Waals surface area contributed by atoms with Gasteiger partial charge < -0.3 is 19.6 Å². The van der Waals surface area contributed by atoms with E-state index in [1.165, 1.54) is 0 Å². The quantitative estimate of drug-likeness (QED) is 0.689. The first-order chi connectivity index (χ1) is 13.8. The number of H-pyrrole nitrogens is 1. The van der Waals surface area contributed by atoms with E-state index < -0.39 is 0 Å². The van der Waals surface area contributed by atoms with E-state index in [2.05, 4.69) is 22.9 Å². The van der Waals surface area contributed by atoms with Crippen LogP contribution in [0.15, 0.2) is 42.5 Å². The van der Waals surface area contributed by atoms with Crippen LogP contribution in [-0.2, 0) is 4.74 Å². The smallest absolute Gasteiger partial charge is 0.137 e. The van der Waals surface area contributed by atoms with Crippen molar-refractivity contribution in [1.82, 2.24) is 4.98 Å². The average Bonchev–Trinajstić information content (AvgIpc) is 3.16. The topological polar surface area (TPSA) is 78.3 Å². The first-order valence-electron chi connectivity index (χ1n) is 9.29. The van der Waals surface area contributed by atoms with Crippen LogP contribution in [0.5, 0.6) is 5.75 Å². The second-order valence-electron chi connectivity index (χ2n) is 6.66. The van der Waals surface area contributed by atoms with E-state index in [9.17, 15) is 5.26 Å². The number of nitriles is 1. The highest BCUT2D eigenvalue weighted by atomic mass is 16.5. The van der Waals surface area contributed by atoms with Gasteiger partial charge in [-0.1, -0.05) is 24.1 Å². The van der Waals surface area contributed by atoms with Crippen molar-refractivity contribution in [3.63, 3.8) is 0 Å². The minimum atomic E-state index is -0.178. The molecule has 0 amide bonds. The molecule has 0 atom stereocenters. The zero-order chi connectivity index (χ0) is 19.3. The first-order valence-corrected chi connectivity index (χ1v) is 9.29. The van der Waals surface area contributed by atoms with E-state index in [4.69, 9.17) is 14.6 Å². The zero-order valence-corrected chi connectivity index (χ0v) is 15.4. The molecule has 4 rings (SSSR count). The van der Waals surface area contributed by atoms with Crippen molar-refractivity contribution in [2.75, 3.05) is 19.8 Å². The predicted octanol–water partition coefficient (Wildman–Crippen LogP) is 3.61. The van der Waals surface area contributed by atoms with Crippen LogP contribution in [0.25, 0.3) is 22.0 Å². The van der Waals surface area contributed by atoms with Gasteiger partial charge in [0.2, 0.25) is 0 Å². The molecule has 0 unspecified atom stereocenters. The number of hydrogen-bond donors (Lipinski definition) is 2. The number of aromatic amines is 1. The van der Waals surface area contributed by atoms with Crippen molar-refractivity contribution in [2.24, 2.45) is 0 Å². The van der Waals surface area contributed by atoms with Crippen molar-refractivity contribution in [3.8, 4) is 34.8 Å². The maximum Gasteiger partial charge on any atom is 0.137 e. The molecule has 5 heteroatoms. The third-order valence-electron chi connectivity index (χ3n) is 4.84. The molecule has 1 aliphatic rings. The van der Waals surface area contributed by atoms with Gasteiger partial charge in [-0.3, -0.25) is 0 Å². The maximum absolute atomic E-state index is 9.63. The Balaban J connectivity index is 1.69. The van der Waals surface area contributed by atoms with Gasteiger partial charge in [0.25, 0.3) is 0 Å². The fourth-order valence-electron chi connectivity index (χ4n) is 3.47. The molecule has 0 spiro atoms. The van der Waals surface area contributed by atoms with Crippen molar-refractivity contribution in [2.45, 2.75) is 18.9 Å². The molecule has 1 fully saturated rings. The molecule has 0 aliphatic carbocycles. The summed E-state index contributed by atoms with van der Waals surface area (Å²) < 4.78 is 11.4. The highest BCUT2D eigenvalue weighted by Crippen LogP contribution is 2.33. The summed E-state index contributed by atoms with van der Waals surface area (Å²) in [5, 5.41) is 19.6. The van der Waals surface area contributed by atoms with Gasteiger partial charge in [0, 0.05) is 23.7 Å². The molecule has 0 saturated carbocycles. The summed E-state index contributed by atoms with van der Waals surface area (Å²) >= 11 is 0. The molecule has 3 aromatic rings. The Hall–Kier alpha value is -3.25. The fourth-order valence-corrected chi connectivity index (χ4v) is 3.47. The van der Waals surface area contributed by atoms with Gasteiger partial charge in [0.1, 0.15) is 24.5 Å². The van der Waals surface area contributed by atoms with Crippen LogP contribution in [0.4, 0.5) is 0 Å². The van der Waals surface area contributed by atoms with Gasteiger partial charge in [-0.15, -0.1) is 0 Å². The summed E-state index contributed by atoms with van der Waals surface area (Å²) in [6, 6.07) is 15.9. The highest BCUT2D eigenvalue weighted by molar-refractivity contribution is 5.96. The molecule has 1 aliphatic heterocycles. The molecular weight excluding hydrogens is 352 g/mol. The molecule has 1 saturated heterocycles. The number of nitrogens with one attached hydrogen (secondary N) is 1. The third-order valence-corrected chi connectivity index (χ3v) is 4.84. The normalized spacial score (nSPS) is 14.3. The lowest BCUT2D eigenvalue weighted by Gasteiger charge is -2.24. The number of fused-ring (bicyclic) bond motifs is 1. The van der Waals surface area contributed by atoms with Crippen molar-refractivity contribution in [3.05, 3.63) is 53.7 Å². The minimum Gasteiger partial charge on any atom is -0.489 e. The molecule has 28 heavy (non-hydrogen) atoms. The predicted molar refractivity (Wildman–Crippen MR) is 107 cm³/mol. The fraction of sp³-hybridized carbons (Fsp3) is 0.261. The van der Waals surface area contributed by atoms with Crippen molar-refractivity contribution < 1.29 is 14.6 Å². The number of nitrogens with zero attached hydrogens (tertiary/aromatic N) is 1. The van der Waals surface area contributed by atoms with E-state index in [0.717, 1.165) is 40.6 Å². The Kier molecular flexibility index (Phi) is 5.30. The zero-order valence-electron chi connectivity index (χ0n) is 15.4. The number of aliphatic hydroxyl groups excluding tert-OH is 1. The average molecular weight is 372 g/mol. The van der Waals surface area contributed by atoms with Gasteiger partial charge in [-0.05, 0) is 41.3 Å². The Morgan fingerprint density at radius 1 is 1.18 bits per heavy atom. The molecule has 5 nitrogen and oxygen atoms in total. The van der Waals surface area contributed by atoms with E-state index in [-0.39, 0.29) is 12.7 Å². The second kappa shape index (κ2) is 8.19. The van der Waals surface area contributed by atoms with Gasteiger partial charge in [0.15, 0.2) is 0 Å². The number of ether oxygens (including phenoxy) is 2. The lowest BCUT2D eigenvalue weighted by atomic mass is 9.99. The number of aromatic nitrogens is 1. The molecular formula is C23H20N2O3. The summed E-state index contributed by atoms with van der Waals surface area (Å²) in [5.41, 5.74) is 4.19. The lowest BCUT2D eigenvalue weighted by Crippen LogP contribution is -2.26. The van der Waals surface area contributed by atoms with Crippen LogP contribution in [0.3, 0.4) is 0 Å². The molecule has 140 valence electrons. The maximum atomic E-state index is 9.63. The van der Waals surface area contributed by atoms with E-state index in [1.807, 2.05) is 42.5 Å². The van der Waals surface area contributed by atoms with E-state index in [0.29, 0.717) is 24.5 Å². The van der Waals surface area contributed by atoms with Crippen LogP contribution >= 0.6 is 0 Å². The van der Waals surface area contributed by atoms with Crippen molar-refractivity contribution in [1.29, 1.82) is 5.26 Å². The summed E-state index contributed by atoms with van der Waals surface area (Å²) in [4.78, 5) is 3.25. The second-order valence-corrected chi connectivity index (χ2v) is 6.66. The Morgan fingerprint density at radius 3 is 2.82 bits per heavy atom. The highest BCUT2D eigenvalue weighted by Gasteiger charge is 2.17. The molecule has 2 heterocycles. The monoisotopic (exact) mass is 372 g/mol. The molecule has 0 bridgehead atoms. The van der Waals surface area contributed by atoms with Gasteiger partial charge >= 0.3 is 0 Å². The van der Waals surface area contributed by atoms with E-state index >= 15 is 0 Å². The van der Waals surface area contributed by atoms with Gasteiger partial charge in [-0.2, -0.15) is 5.26 Å². The largest absolute Gasteiger partial charge is 0.489 e. The Morgan fingerprint density at radius 2 is 2.04 bits per heavy atom. The van der Waals surface area contributed by atoms with Crippen molar-refractivity contribution >= 4 is 10.9 Å². The Labute approximate surface area is 163 Å². The summed E-state index contributed by atoms with van der Waals surface area (Å²) in [5.74, 6) is 6.18. The van der Waals surface area contributed by atoms with Crippen LogP contribution in [0.2, 0.25) is 0 Å². The summed E-state index contributed by atoms with van der Waals surface area (Å²) in [7, 11) is 0. The molecule has 1 aromatic heterocycles. The van der Waals surface area contributed by atoms with Crippen LogP contribution in [0.1, 0.15) is 24.1 Å². The van der Waals surface area contributed by atoms with Crippen LogP contribution in [0, 0.1) is 23.2 Å². The molecule has 2 aromatic carbocycles. The standard InChI is InChI=1S/C23H20N2O3/c24-15-17-13-16(6-7-23(17)28-19-8-11-27-12-9-19)20-4-1-5-22-21(20)14-18(25-22)3-2-10-26/h1,4-7,13-14,19,25-26H,8-12H2. The molecule has 0 radical (unpaired) electrons. The summed E-state index contributed by atoms with van der Waals surface area (Å²) in [6.45, 7) is 1.21. The van der Waals surface area contributed by atoms with Crippen LogP contribution in [-0.4, -0.2) is 36.0 Å². The Bertz CT molecular complexity index is 1090. The molecule has 2 N–H and O–H groups in total. The SMILES string of the molecule is N#Cc1cc(-c2cccc3[nH]c(C#CCO)cc23)ccc1OC1CCOCC1.